The smallest absolute Gasteiger partial charge is 0.253 e. The highest BCUT2D eigenvalue weighted by Crippen LogP contribution is 2.49. The van der Waals surface area contributed by atoms with E-state index in [1.54, 1.807) is 35.2 Å². The number of nitrogens with one attached hydrogen (secondary N) is 1. The molecule has 4 aromatic rings. The van der Waals surface area contributed by atoms with E-state index in [0.29, 0.717) is 28.7 Å². The highest BCUT2D eigenvalue weighted by Gasteiger charge is 2.52. The zero-order valence-electron chi connectivity index (χ0n) is 24.5. The van der Waals surface area contributed by atoms with Crippen LogP contribution in [0, 0.1) is 11.7 Å². The summed E-state index contributed by atoms with van der Waals surface area (Å²) < 4.78 is 51.1. The van der Waals surface area contributed by atoms with Crippen molar-refractivity contribution in [2.75, 3.05) is 10.8 Å². The molecular weight excluding hydrogens is 654 g/mol. The van der Waals surface area contributed by atoms with Crippen molar-refractivity contribution in [3.8, 4) is 0 Å². The average Bonchev–Trinajstić information content (AvgIpc) is 3.98. The lowest BCUT2D eigenvalue weighted by Gasteiger charge is -2.49. The third kappa shape index (κ3) is 6.23. The van der Waals surface area contributed by atoms with Gasteiger partial charge in [-0.3, -0.25) is 9.10 Å². The van der Waals surface area contributed by atoms with E-state index in [2.05, 4.69) is 20.6 Å². The fourth-order valence-corrected chi connectivity index (χ4v) is 8.50. The van der Waals surface area contributed by atoms with Crippen molar-refractivity contribution in [3.05, 3.63) is 106 Å². The number of benzene rings is 3. The second-order valence-electron chi connectivity index (χ2n) is 12.0. The first-order chi connectivity index (χ1) is 22.2. The fourth-order valence-electron chi connectivity index (χ4n) is 6.30. The first-order valence-corrected chi connectivity index (χ1v) is 17.4. The van der Waals surface area contributed by atoms with Crippen LogP contribution in [0.3, 0.4) is 0 Å². The third-order valence-corrected chi connectivity index (χ3v) is 11.6. The van der Waals surface area contributed by atoms with E-state index >= 15 is 4.39 Å². The highest BCUT2D eigenvalue weighted by molar-refractivity contribution is 7.93. The van der Waals surface area contributed by atoms with Gasteiger partial charge in [-0.15, -0.1) is 5.10 Å². The monoisotopic (exact) mass is 684 g/mol. The molecule has 7 rings (SSSR count). The number of morpholine rings is 1. The summed E-state index contributed by atoms with van der Waals surface area (Å²) in [7, 11) is -3.92. The lowest BCUT2D eigenvalue weighted by Crippen LogP contribution is -2.59. The van der Waals surface area contributed by atoms with Gasteiger partial charge < -0.3 is 9.64 Å². The lowest BCUT2D eigenvalue weighted by molar-refractivity contribution is -0.179. The first-order valence-electron chi connectivity index (χ1n) is 15.2. The first kappa shape index (κ1) is 31.0. The number of rotatable bonds is 11. The topological polar surface area (TPSA) is 121 Å². The number of carbonyl (C=O) groups is 1. The van der Waals surface area contributed by atoms with Gasteiger partial charge in [-0.05, 0) is 89.6 Å². The molecule has 1 unspecified atom stereocenters. The molecule has 1 aromatic heterocycles. The van der Waals surface area contributed by atoms with Crippen LogP contribution in [0.1, 0.15) is 54.8 Å². The van der Waals surface area contributed by atoms with E-state index in [4.69, 9.17) is 27.9 Å². The van der Waals surface area contributed by atoms with Gasteiger partial charge in [-0.1, -0.05) is 59.6 Å². The summed E-state index contributed by atoms with van der Waals surface area (Å²) in [4.78, 5) is 16.5. The number of hydrogen-bond acceptors (Lipinski definition) is 7. The zero-order valence-corrected chi connectivity index (χ0v) is 26.9. The largest absolute Gasteiger partial charge is 0.357 e. The summed E-state index contributed by atoms with van der Waals surface area (Å²) >= 11 is 12.8. The van der Waals surface area contributed by atoms with Crippen molar-refractivity contribution in [2.45, 2.75) is 61.6 Å². The maximum absolute atomic E-state index is 15.4. The van der Waals surface area contributed by atoms with Crippen LogP contribution in [0.15, 0.2) is 72.8 Å². The molecule has 2 aliphatic carbocycles. The predicted molar refractivity (Wildman–Crippen MR) is 170 cm³/mol. The summed E-state index contributed by atoms with van der Waals surface area (Å²) in [6.45, 7) is -0.112. The van der Waals surface area contributed by atoms with Gasteiger partial charge in [0.05, 0.1) is 29.6 Å². The molecule has 2 heterocycles. The minimum absolute atomic E-state index is 0.0202. The molecular formula is C32H31Cl2FN6O4S. The van der Waals surface area contributed by atoms with Crippen LogP contribution in [-0.2, 0) is 26.0 Å². The molecule has 0 spiro atoms. The van der Waals surface area contributed by atoms with Crippen molar-refractivity contribution in [2.24, 2.45) is 5.92 Å². The van der Waals surface area contributed by atoms with Crippen molar-refractivity contribution >= 4 is 44.8 Å². The molecule has 0 radical (unpaired) electrons. The molecule has 10 nitrogen and oxygen atoms in total. The van der Waals surface area contributed by atoms with E-state index in [-0.39, 0.29) is 30.5 Å². The fraction of sp³-hybridized carbons (Fsp3) is 0.375. The van der Waals surface area contributed by atoms with Gasteiger partial charge in [0, 0.05) is 16.5 Å². The Morgan fingerprint density at radius 3 is 2.39 bits per heavy atom. The summed E-state index contributed by atoms with van der Waals surface area (Å²) in [5.74, 6) is -0.645. The number of carbonyl (C=O) groups excluding carboxylic acids is 1. The van der Waals surface area contributed by atoms with Gasteiger partial charge in [-0.25, -0.2) is 17.9 Å². The number of hydrogen-bond donors (Lipinski definition) is 1. The van der Waals surface area contributed by atoms with E-state index in [0.717, 1.165) is 24.0 Å². The molecule has 240 valence electrons. The van der Waals surface area contributed by atoms with Gasteiger partial charge in [0.1, 0.15) is 18.0 Å². The van der Waals surface area contributed by atoms with Crippen LogP contribution in [0.5, 0.6) is 0 Å². The number of nitrogens with zero attached hydrogens (tertiary/aromatic N) is 5. The molecule has 14 heteroatoms. The van der Waals surface area contributed by atoms with Crippen molar-refractivity contribution in [1.82, 2.24) is 25.5 Å². The van der Waals surface area contributed by atoms with Crippen molar-refractivity contribution < 1.29 is 22.3 Å². The number of H-pyrrole nitrogens is 1. The summed E-state index contributed by atoms with van der Waals surface area (Å²) in [6, 6.07) is 19.0. The Labute approximate surface area is 275 Å². The SMILES string of the molecule is O=C1[C@@H](Cc2nnn[nH]2)O[C@H](c2cccc(Cl)c2)[C@@H](c2ccc(Cl)cc2)N1C(CN(c1ccccc1F)S(=O)(=O)C1CC1)C1CC1. The minimum atomic E-state index is -3.92. The van der Waals surface area contributed by atoms with Crippen LogP contribution < -0.4 is 4.31 Å². The molecule has 1 N–H and O–H groups in total. The Morgan fingerprint density at radius 2 is 1.74 bits per heavy atom. The molecule has 1 amide bonds. The Bertz CT molecular complexity index is 1820. The quantitative estimate of drug-likeness (QED) is 0.216. The molecule has 1 aliphatic heterocycles. The maximum atomic E-state index is 15.4. The van der Waals surface area contributed by atoms with Crippen LogP contribution >= 0.6 is 23.2 Å². The maximum Gasteiger partial charge on any atom is 0.253 e. The molecule has 2 saturated carbocycles. The van der Waals surface area contributed by atoms with Crippen molar-refractivity contribution in [3.63, 3.8) is 0 Å². The number of halogens is 3. The summed E-state index contributed by atoms with van der Waals surface area (Å²) in [6.07, 6.45) is 0.935. The second kappa shape index (κ2) is 12.6. The molecule has 3 aromatic carbocycles. The number of tetrazole rings is 1. The Kier molecular flexibility index (Phi) is 8.47. The van der Waals surface area contributed by atoms with Gasteiger partial charge in [0.25, 0.3) is 5.91 Å². The number of aromatic amines is 1. The molecule has 46 heavy (non-hydrogen) atoms. The van der Waals surface area contributed by atoms with Gasteiger partial charge >= 0.3 is 0 Å². The van der Waals surface area contributed by atoms with Crippen molar-refractivity contribution in [1.29, 1.82) is 0 Å². The molecule has 4 atom stereocenters. The zero-order chi connectivity index (χ0) is 32.0. The Balaban J connectivity index is 1.37. The van der Waals surface area contributed by atoms with E-state index in [1.807, 2.05) is 24.3 Å². The van der Waals surface area contributed by atoms with Gasteiger partial charge in [0.15, 0.2) is 5.82 Å². The Morgan fingerprint density at radius 1 is 0.978 bits per heavy atom. The highest BCUT2D eigenvalue weighted by atomic mass is 35.5. The van der Waals surface area contributed by atoms with Crippen LogP contribution in [0.2, 0.25) is 10.0 Å². The predicted octanol–water partition coefficient (Wildman–Crippen LogP) is 5.68. The van der Waals surface area contributed by atoms with E-state index in [1.165, 1.54) is 22.5 Å². The van der Waals surface area contributed by atoms with Gasteiger partial charge in [-0.2, -0.15) is 0 Å². The average molecular weight is 686 g/mol. The normalized spacial score (nSPS) is 22.5. The van der Waals surface area contributed by atoms with Gasteiger partial charge in [0.2, 0.25) is 10.0 Å². The van der Waals surface area contributed by atoms with Crippen LogP contribution in [0.4, 0.5) is 10.1 Å². The number of aromatic nitrogens is 4. The minimum Gasteiger partial charge on any atom is -0.357 e. The van der Waals surface area contributed by atoms with Crippen LogP contribution in [0.25, 0.3) is 0 Å². The summed E-state index contributed by atoms with van der Waals surface area (Å²) in [5.41, 5.74) is 1.45. The third-order valence-electron chi connectivity index (χ3n) is 8.83. The standard InChI is InChI=1S/C32H31Cl2FN6O4S/c33-22-12-10-20(11-13-22)30-31(21-4-3-5-23(34)16-21)45-28(17-29-36-38-39-37-29)32(42)41(30)27(19-8-9-19)18-40(46(43,44)24-14-15-24)26-7-2-1-6-25(26)35/h1-7,10-13,16,19,24,27-28,30-31H,8-9,14-15,17-18H2,(H,36,37,38,39)/t27?,28-,30-,31-/m1/s1. The molecule has 0 bridgehead atoms. The van der Waals surface area contributed by atoms with E-state index in [9.17, 15) is 13.2 Å². The summed E-state index contributed by atoms with van der Waals surface area (Å²) in [5, 5.41) is 14.4. The van der Waals surface area contributed by atoms with E-state index < -0.39 is 45.4 Å². The number of ether oxygens (including phenoxy) is 1. The number of anilines is 1. The molecule has 3 fully saturated rings. The molecule has 3 aliphatic rings. The Hall–Kier alpha value is -3.58. The van der Waals surface area contributed by atoms with Crippen LogP contribution in [-0.4, -0.2) is 63.8 Å². The number of sulfonamides is 1. The second-order valence-corrected chi connectivity index (χ2v) is 15.0. The number of para-hydroxylation sites is 1. The number of amides is 1. The molecule has 1 saturated heterocycles. The lowest BCUT2D eigenvalue weighted by atomic mass is 9.89.